The minimum absolute atomic E-state index is 0.142. The molecule has 8 aliphatic rings. The van der Waals surface area contributed by atoms with Crippen molar-refractivity contribution < 1.29 is 212 Å². The third kappa shape index (κ3) is 37.2. The van der Waals surface area contributed by atoms with Gasteiger partial charge in [0.05, 0.1) is 71.6 Å². The van der Waals surface area contributed by atoms with Gasteiger partial charge in [0, 0.05) is 27.2 Å². The summed E-state index contributed by atoms with van der Waals surface area (Å²) >= 11 is 0. The first kappa shape index (κ1) is 124. The van der Waals surface area contributed by atoms with Crippen LogP contribution in [0, 0.1) is 0 Å². The van der Waals surface area contributed by atoms with Crippen molar-refractivity contribution in [2.75, 3.05) is 59.5 Å². The number of ether oxygens (including phenoxy) is 16. The smallest absolute Gasteiger partial charge is 0.220 e. The van der Waals surface area contributed by atoms with E-state index in [0.717, 1.165) is 78.6 Å². The fraction of sp³-hybridized carbons (Fsp3) is 0.938. The average molecular weight is 2070 g/mol. The highest BCUT2D eigenvalue weighted by Crippen LogP contribution is 2.40. The van der Waals surface area contributed by atoms with Crippen LogP contribution in [-0.2, 0) is 95.0 Å². The molecule has 4 amide bonds. The van der Waals surface area contributed by atoms with Crippen molar-refractivity contribution in [3.63, 3.8) is 0 Å². The highest BCUT2D eigenvalue weighted by atomic mass is 16.8. The Balaban J connectivity index is 0.956. The van der Waals surface area contributed by atoms with Crippen molar-refractivity contribution in [1.29, 1.82) is 0 Å². The lowest BCUT2D eigenvalue weighted by Gasteiger charge is -2.51. The number of carbonyl (C=O) groups excluding carboxylic acids is 4. The molecule has 834 valence electrons. The van der Waals surface area contributed by atoms with Gasteiger partial charge < -0.3 is 215 Å². The van der Waals surface area contributed by atoms with Crippen LogP contribution in [0.25, 0.3) is 0 Å². The summed E-state index contributed by atoms with van der Waals surface area (Å²) in [4.78, 5) is 53.1. The molecular formula is C96H172N4O43. The molecule has 8 rings (SSSR count). The first-order chi connectivity index (χ1) is 68.6. The maximum atomic E-state index is 13.7. The number of aliphatic hydroxyl groups excluding tert-OH is 23. The van der Waals surface area contributed by atoms with E-state index >= 15 is 0 Å². The summed E-state index contributed by atoms with van der Waals surface area (Å²) in [5.41, 5.74) is 0. The Labute approximate surface area is 836 Å². The first-order valence-electron chi connectivity index (χ1n) is 52.0. The number of hydrogen-bond acceptors (Lipinski definition) is 43. The molecule has 8 aliphatic heterocycles. The quantitative estimate of drug-likeness (QED) is 0.0202. The monoisotopic (exact) mass is 2070 g/mol. The number of amides is 4. The zero-order valence-electron chi connectivity index (χ0n) is 83.3. The second-order valence-corrected chi connectivity index (χ2v) is 39.2. The molecule has 0 bridgehead atoms. The van der Waals surface area contributed by atoms with Gasteiger partial charge >= 0.3 is 0 Å². The molecule has 8 heterocycles. The van der Waals surface area contributed by atoms with Gasteiger partial charge in [-0.05, 0) is 19.3 Å². The third-order valence-electron chi connectivity index (χ3n) is 27.8. The SMILES string of the molecule is CCCCCCCCCCCCC/C=C/[C@@H](O)[C@H](CO[C@@H]1OC(CO)[C@@H](O[C@@H]2OC(CO)[C@H](O)[C@H](O[C@@H]3OC(CO)[C@@H](O[C@@H]4OC(CO[C@@H]5OC(CO)[C@@H](O[C@@H]6OC(CO)[C@H](O)[C@H](O)C6O)[C@H](O)C5NC(C)=O)[C@H](O)[C@H](O[C@@H]5OC(CO)[C@@H](O[C@@H]6OC(CO)[C@H](O)[C@H](O)C6O)[C@H](O)C5NC(C)=O)C4O)[C@H](O)C3NC(C)=O)C2O)[C@H](O)C1O)NC(=O)CCCCCCCCCCCCCCCCCCCCCCC. The lowest BCUT2D eigenvalue weighted by molar-refractivity contribution is -0.389. The first-order valence-corrected chi connectivity index (χ1v) is 52.0. The summed E-state index contributed by atoms with van der Waals surface area (Å²) in [6.45, 7) is -1.55. The van der Waals surface area contributed by atoms with E-state index in [9.17, 15) is 137 Å². The van der Waals surface area contributed by atoms with E-state index in [-0.39, 0.29) is 12.3 Å². The Bertz CT molecular complexity index is 3510. The summed E-state index contributed by atoms with van der Waals surface area (Å²) in [6, 6.07) is -6.85. The zero-order valence-corrected chi connectivity index (χ0v) is 83.3. The van der Waals surface area contributed by atoms with Gasteiger partial charge in [-0.1, -0.05) is 219 Å². The molecule has 0 saturated carbocycles. The highest BCUT2D eigenvalue weighted by Gasteiger charge is 2.61. The Hall–Kier alpha value is -3.94. The van der Waals surface area contributed by atoms with Crippen LogP contribution in [-0.4, -0.2) is 458 Å². The van der Waals surface area contributed by atoms with Crippen LogP contribution in [0.2, 0.25) is 0 Å². The Morgan fingerprint density at radius 2 is 0.552 bits per heavy atom. The Morgan fingerprint density at radius 3 is 0.902 bits per heavy atom. The number of nitrogens with one attached hydrogen (secondary N) is 4. The predicted octanol–water partition coefficient (Wildman–Crippen LogP) is -4.29. The van der Waals surface area contributed by atoms with Gasteiger partial charge in [0.1, 0.15) is 195 Å². The number of hydrogen-bond donors (Lipinski definition) is 27. The highest BCUT2D eigenvalue weighted by molar-refractivity contribution is 5.76. The molecule has 16 unspecified atom stereocenters. The molecular weight excluding hydrogens is 1900 g/mol. The normalized spacial score (nSPS) is 38.2. The summed E-state index contributed by atoms with van der Waals surface area (Å²) in [7, 11) is 0. The molecule has 0 spiro atoms. The number of carbonyl (C=O) groups is 4. The van der Waals surface area contributed by atoms with Crippen LogP contribution in [0.4, 0.5) is 0 Å². The molecule has 0 aromatic rings. The van der Waals surface area contributed by atoms with E-state index < -0.39 is 335 Å². The number of allylic oxidation sites excluding steroid dienone is 1. The molecule has 0 aliphatic carbocycles. The van der Waals surface area contributed by atoms with Crippen LogP contribution in [0.1, 0.15) is 253 Å². The van der Waals surface area contributed by atoms with Crippen LogP contribution in [0.3, 0.4) is 0 Å². The van der Waals surface area contributed by atoms with Crippen molar-refractivity contribution in [1.82, 2.24) is 21.3 Å². The van der Waals surface area contributed by atoms with E-state index in [1.807, 2.05) is 6.08 Å². The summed E-state index contributed by atoms with van der Waals surface area (Å²) in [6.07, 6.45) is -34.0. The van der Waals surface area contributed by atoms with Gasteiger partial charge in [0.15, 0.2) is 50.3 Å². The predicted molar refractivity (Wildman–Crippen MR) is 498 cm³/mol. The van der Waals surface area contributed by atoms with E-state index in [1.54, 1.807) is 6.08 Å². The lowest BCUT2D eigenvalue weighted by Crippen LogP contribution is -2.71. The van der Waals surface area contributed by atoms with Crippen molar-refractivity contribution in [3.8, 4) is 0 Å². The molecule has 0 aromatic carbocycles. The lowest BCUT2D eigenvalue weighted by atomic mass is 9.93. The van der Waals surface area contributed by atoms with E-state index in [1.165, 1.54) is 141 Å². The average Bonchev–Trinajstić information content (AvgIpc) is 0.769. The molecule has 27 N–H and O–H groups in total. The summed E-state index contributed by atoms with van der Waals surface area (Å²) < 4.78 is 95.9. The van der Waals surface area contributed by atoms with Gasteiger partial charge in [-0.25, -0.2) is 0 Å². The molecule has 47 heteroatoms. The molecule has 8 fully saturated rings. The Kier molecular flexibility index (Phi) is 56.9. The van der Waals surface area contributed by atoms with Crippen molar-refractivity contribution >= 4 is 23.6 Å². The van der Waals surface area contributed by atoms with Crippen molar-refractivity contribution in [3.05, 3.63) is 12.2 Å². The zero-order chi connectivity index (χ0) is 105. The minimum Gasteiger partial charge on any atom is -0.394 e. The van der Waals surface area contributed by atoms with Crippen molar-refractivity contribution in [2.45, 2.75) is 511 Å². The molecule has 42 atom stereocenters. The molecule has 47 nitrogen and oxygen atoms in total. The number of aliphatic hydroxyl groups is 23. The second kappa shape index (κ2) is 65.5. The summed E-state index contributed by atoms with van der Waals surface area (Å²) in [5, 5.41) is 270. The largest absolute Gasteiger partial charge is 0.394 e. The molecule has 0 aromatic heterocycles. The fourth-order valence-electron chi connectivity index (χ4n) is 19.4. The van der Waals surface area contributed by atoms with Crippen LogP contribution in [0.5, 0.6) is 0 Å². The molecule has 143 heavy (non-hydrogen) atoms. The number of unbranched alkanes of at least 4 members (excludes halogenated alkanes) is 31. The maximum Gasteiger partial charge on any atom is 0.220 e. The van der Waals surface area contributed by atoms with Gasteiger partial charge in [-0.3, -0.25) is 19.2 Å². The third-order valence-corrected chi connectivity index (χ3v) is 27.8. The molecule has 0 radical (unpaired) electrons. The fourth-order valence-corrected chi connectivity index (χ4v) is 19.4. The van der Waals surface area contributed by atoms with E-state index in [0.29, 0.717) is 12.8 Å². The van der Waals surface area contributed by atoms with Crippen LogP contribution >= 0.6 is 0 Å². The van der Waals surface area contributed by atoms with E-state index in [2.05, 4.69) is 35.1 Å². The van der Waals surface area contributed by atoms with Gasteiger partial charge in [0.25, 0.3) is 0 Å². The van der Waals surface area contributed by atoms with Crippen LogP contribution in [0.15, 0.2) is 12.2 Å². The maximum absolute atomic E-state index is 13.7. The van der Waals surface area contributed by atoms with Gasteiger partial charge in [-0.2, -0.15) is 0 Å². The standard InChI is InChI=1S/C96H172N4O43/c1-6-8-10-12-14-16-18-20-21-22-23-24-25-26-27-29-31-33-35-37-39-41-64(112)100-54(55(111)40-38-36-34-32-30-28-19-17-15-13-11-9-7-2)49-128-92-80(125)77(122)86(62(48-107)136-92)141-95-81(126)87(70(115)58(44-103)132-95)142-90-67(99-53(5)110)74(119)85(61(47-106)135-90)140-96-82(127)88(143-91-66(98-52(4)109)73(118)84(60(46-105)134-91)139-94-79(124)76(121)69(114)57(43-102)131-94)71(116)63(137-96)50-129-89-65(97-51(3)108)72(117)83(59(45-104)133-89)138-93-78(123)75(120)68(113)56(42-101)130-93/h38,40,54-63,65-96,101-107,111,113-127H,6-37,39,41-50H2,1-5H3,(H,97,108)(H,98,109)(H,99,110)(H,100,112)/b40-38+/t54-,55+,56?,57?,58?,59?,60?,61?,62?,63?,65?,66?,67?,68-,69-,70-,71-,72+,73+,74+,75-,76-,77+,78?,79?,80?,81?,82?,83+,84+,85+,86+,87-,88-,89+,90-,91-,92+,93-,94-,95-,96-/m0/s1. The van der Waals surface area contributed by atoms with Gasteiger partial charge in [-0.15, -0.1) is 0 Å². The van der Waals surface area contributed by atoms with E-state index in [4.69, 9.17) is 75.8 Å². The Morgan fingerprint density at radius 1 is 0.280 bits per heavy atom. The number of rotatable bonds is 65. The minimum atomic E-state index is -2.48. The van der Waals surface area contributed by atoms with Gasteiger partial charge in [0.2, 0.25) is 23.6 Å². The van der Waals surface area contributed by atoms with Crippen molar-refractivity contribution in [2.24, 2.45) is 0 Å². The topological polar surface area (TPSA) is 729 Å². The second-order valence-electron chi connectivity index (χ2n) is 39.2. The summed E-state index contributed by atoms with van der Waals surface area (Å²) in [5.74, 6) is -3.15. The molecule has 8 saturated heterocycles. The van der Waals surface area contributed by atoms with Crippen LogP contribution < -0.4 is 21.3 Å².